The first-order valence-electron chi connectivity index (χ1n) is 7.96. The molecule has 2 heterocycles. The molecular weight excluding hydrogens is 351 g/mol. The first-order chi connectivity index (χ1) is 13.1. The molecule has 4 rings (SSSR count). The number of amides is 2. The lowest BCUT2D eigenvalue weighted by molar-refractivity contribution is -0.0584. The second-order valence-corrected chi connectivity index (χ2v) is 5.77. The van der Waals surface area contributed by atoms with Gasteiger partial charge in [0, 0.05) is 23.5 Å². The van der Waals surface area contributed by atoms with Crippen LogP contribution >= 0.6 is 0 Å². The van der Waals surface area contributed by atoms with E-state index < -0.39 is 23.6 Å². The Morgan fingerprint density at radius 3 is 2.11 bits per heavy atom. The van der Waals surface area contributed by atoms with Gasteiger partial charge in [0.15, 0.2) is 0 Å². The number of nitrogens with zero attached hydrogens (tertiary/aromatic N) is 2. The van der Waals surface area contributed by atoms with E-state index in [2.05, 4.69) is 4.98 Å². The van der Waals surface area contributed by atoms with Crippen LogP contribution in [0.15, 0.2) is 67.0 Å². The van der Waals surface area contributed by atoms with E-state index in [1.807, 2.05) is 0 Å². The van der Waals surface area contributed by atoms with Crippen LogP contribution in [0.25, 0.3) is 11.1 Å². The van der Waals surface area contributed by atoms with Gasteiger partial charge in [0.05, 0.1) is 16.7 Å². The highest BCUT2D eigenvalue weighted by atomic mass is 19.1. The third-order valence-electron chi connectivity index (χ3n) is 4.09. The molecule has 0 bridgehead atoms. The summed E-state index contributed by atoms with van der Waals surface area (Å²) in [5, 5.41) is 0.419. The number of hydrogen-bond donors (Lipinski definition) is 0. The van der Waals surface area contributed by atoms with Gasteiger partial charge in [0.25, 0.3) is 11.8 Å². The Hall–Kier alpha value is -3.87. The molecule has 1 aliphatic heterocycles. The zero-order chi connectivity index (χ0) is 19.0. The molecule has 0 fully saturated rings. The fourth-order valence-electron chi connectivity index (χ4n) is 2.78. The maximum atomic E-state index is 13.9. The number of rotatable bonds is 3. The molecule has 0 spiro atoms. The summed E-state index contributed by atoms with van der Waals surface area (Å²) in [6.45, 7) is 0. The molecule has 7 heteroatoms. The molecule has 27 heavy (non-hydrogen) atoms. The maximum absolute atomic E-state index is 13.9. The van der Waals surface area contributed by atoms with Crippen molar-refractivity contribution in [2.45, 2.75) is 0 Å². The van der Waals surface area contributed by atoms with E-state index in [1.165, 1.54) is 36.7 Å². The minimum atomic E-state index is -0.949. The molecule has 132 valence electrons. The van der Waals surface area contributed by atoms with Gasteiger partial charge in [-0.15, -0.1) is 0 Å². The van der Waals surface area contributed by atoms with Crippen LogP contribution in [0, 0.1) is 5.82 Å². The normalized spacial score (nSPS) is 12.9. The third kappa shape index (κ3) is 2.85. The Balaban J connectivity index is 1.60. The number of benzene rings is 2. The predicted octanol–water partition coefficient (Wildman–Crippen LogP) is 3.26. The van der Waals surface area contributed by atoms with Crippen LogP contribution in [0.4, 0.5) is 4.39 Å². The van der Waals surface area contributed by atoms with Crippen LogP contribution in [0.2, 0.25) is 0 Å². The van der Waals surface area contributed by atoms with Gasteiger partial charge in [-0.25, -0.2) is 9.18 Å². The number of hydroxylamine groups is 2. The van der Waals surface area contributed by atoms with Crippen molar-refractivity contribution in [3.8, 4) is 11.1 Å². The smallest absolute Gasteiger partial charge is 0.324 e. The summed E-state index contributed by atoms with van der Waals surface area (Å²) in [4.78, 5) is 45.9. The second-order valence-electron chi connectivity index (χ2n) is 5.77. The minimum Gasteiger partial charge on any atom is -0.324 e. The Bertz CT molecular complexity index is 1060. The number of halogens is 1. The molecule has 0 N–H and O–H groups in total. The van der Waals surface area contributed by atoms with Crippen molar-refractivity contribution in [3.63, 3.8) is 0 Å². The topological polar surface area (TPSA) is 76.6 Å². The van der Waals surface area contributed by atoms with Gasteiger partial charge in [0.1, 0.15) is 5.82 Å². The lowest BCUT2D eigenvalue weighted by Crippen LogP contribution is -2.32. The maximum Gasteiger partial charge on any atom is 0.365 e. The van der Waals surface area contributed by atoms with Crippen molar-refractivity contribution in [2.75, 3.05) is 0 Å². The summed E-state index contributed by atoms with van der Waals surface area (Å²) in [5.41, 5.74) is 0.930. The molecule has 2 aromatic carbocycles. The number of pyridine rings is 1. The van der Waals surface area contributed by atoms with Gasteiger partial charge in [-0.1, -0.05) is 35.4 Å². The van der Waals surface area contributed by atoms with Crippen LogP contribution in [-0.4, -0.2) is 27.8 Å². The Morgan fingerprint density at radius 1 is 0.889 bits per heavy atom. The molecule has 1 aromatic heterocycles. The third-order valence-corrected chi connectivity index (χ3v) is 4.09. The Labute approximate surface area is 152 Å². The van der Waals surface area contributed by atoms with Gasteiger partial charge in [-0.3, -0.25) is 14.6 Å². The first-order valence-corrected chi connectivity index (χ1v) is 7.96. The average molecular weight is 362 g/mol. The minimum absolute atomic E-state index is 0.0210. The van der Waals surface area contributed by atoms with Crippen LogP contribution in [-0.2, 0) is 4.84 Å². The zero-order valence-corrected chi connectivity index (χ0v) is 13.8. The highest BCUT2D eigenvalue weighted by Gasteiger charge is 2.38. The van der Waals surface area contributed by atoms with Gasteiger partial charge >= 0.3 is 5.97 Å². The number of aromatic nitrogens is 1. The first kappa shape index (κ1) is 16.6. The van der Waals surface area contributed by atoms with E-state index >= 15 is 0 Å². The highest BCUT2D eigenvalue weighted by Crippen LogP contribution is 2.25. The van der Waals surface area contributed by atoms with Gasteiger partial charge in [-0.2, -0.15) is 0 Å². The van der Waals surface area contributed by atoms with E-state index in [-0.39, 0.29) is 22.3 Å². The predicted molar refractivity (Wildman–Crippen MR) is 92.0 cm³/mol. The number of hydrogen-bond acceptors (Lipinski definition) is 5. The van der Waals surface area contributed by atoms with Crippen molar-refractivity contribution >= 4 is 17.8 Å². The monoisotopic (exact) mass is 362 g/mol. The summed E-state index contributed by atoms with van der Waals surface area (Å²) >= 11 is 0. The average Bonchev–Trinajstić information content (AvgIpc) is 2.93. The lowest BCUT2D eigenvalue weighted by Gasteiger charge is -2.13. The van der Waals surface area contributed by atoms with Crippen molar-refractivity contribution < 1.29 is 23.6 Å². The van der Waals surface area contributed by atoms with E-state index in [1.54, 1.807) is 30.3 Å². The fraction of sp³-hybridized carbons (Fsp3) is 0. The molecular formula is C20H11FN2O4. The molecule has 0 saturated carbocycles. The van der Waals surface area contributed by atoms with Crippen LogP contribution in [0.5, 0.6) is 0 Å². The van der Waals surface area contributed by atoms with E-state index in [9.17, 15) is 18.8 Å². The Kier molecular flexibility index (Phi) is 3.97. The Morgan fingerprint density at radius 2 is 1.48 bits per heavy atom. The molecule has 0 atom stereocenters. The van der Waals surface area contributed by atoms with Gasteiger partial charge in [-0.05, 0) is 24.3 Å². The summed E-state index contributed by atoms with van der Waals surface area (Å²) in [6.07, 6.45) is 2.61. The largest absolute Gasteiger partial charge is 0.365 e. The molecule has 6 nitrogen and oxygen atoms in total. The number of carbonyl (C=O) groups is 3. The van der Waals surface area contributed by atoms with Crippen molar-refractivity contribution in [3.05, 3.63) is 89.5 Å². The van der Waals surface area contributed by atoms with E-state index in [4.69, 9.17) is 4.84 Å². The molecule has 0 unspecified atom stereocenters. The van der Waals surface area contributed by atoms with Crippen molar-refractivity contribution in [1.82, 2.24) is 10.0 Å². The van der Waals surface area contributed by atoms with Crippen molar-refractivity contribution in [1.29, 1.82) is 0 Å². The summed E-state index contributed by atoms with van der Waals surface area (Å²) in [7, 11) is 0. The fourth-order valence-corrected chi connectivity index (χ4v) is 2.78. The van der Waals surface area contributed by atoms with Crippen molar-refractivity contribution in [2.24, 2.45) is 0 Å². The van der Waals surface area contributed by atoms with Gasteiger partial charge in [0.2, 0.25) is 0 Å². The zero-order valence-electron chi connectivity index (χ0n) is 13.8. The van der Waals surface area contributed by atoms with Crippen LogP contribution in [0.3, 0.4) is 0 Å². The number of fused-ring (bicyclic) bond motifs is 1. The standard InChI is InChI=1S/C20H11FN2O4/c21-17-8-4-3-5-14(17)12-9-13(11-22-10-12)20(26)27-23-18(24)15-6-1-2-7-16(15)19(23)25/h1-11H. The number of imide groups is 1. The molecule has 0 aliphatic carbocycles. The van der Waals surface area contributed by atoms with Crippen LogP contribution < -0.4 is 0 Å². The van der Waals surface area contributed by atoms with E-state index in [0.29, 0.717) is 10.6 Å². The quantitative estimate of drug-likeness (QED) is 0.669. The second kappa shape index (κ2) is 6.45. The summed E-state index contributed by atoms with van der Waals surface area (Å²) in [6, 6.07) is 13.6. The van der Waals surface area contributed by atoms with Crippen LogP contribution in [0.1, 0.15) is 31.1 Å². The van der Waals surface area contributed by atoms with E-state index in [0.717, 1.165) is 0 Å². The molecule has 3 aromatic rings. The molecule has 0 radical (unpaired) electrons. The lowest BCUT2D eigenvalue weighted by atomic mass is 10.1. The molecule has 2 amide bonds. The van der Waals surface area contributed by atoms with Gasteiger partial charge < -0.3 is 4.84 Å². The number of carbonyl (C=O) groups excluding carboxylic acids is 3. The molecule has 0 saturated heterocycles. The SMILES string of the molecule is O=C(ON1C(=O)c2ccccc2C1=O)c1cncc(-c2ccccc2F)c1. The molecule has 1 aliphatic rings. The summed E-state index contributed by atoms with van der Waals surface area (Å²) < 4.78 is 13.9. The highest BCUT2D eigenvalue weighted by molar-refractivity contribution is 6.21. The summed E-state index contributed by atoms with van der Waals surface area (Å²) in [5.74, 6) is -2.86.